The van der Waals surface area contributed by atoms with Crippen LogP contribution < -0.4 is 5.32 Å². The van der Waals surface area contributed by atoms with Crippen LogP contribution in [0.25, 0.3) is 0 Å². The molecule has 1 unspecified atom stereocenters. The van der Waals surface area contributed by atoms with Crippen molar-refractivity contribution in [2.75, 3.05) is 13.6 Å². The Bertz CT molecular complexity index is 114. The summed E-state index contributed by atoms with van der Waals surface area (Å²) in [6, 6.07) is 0. The topological polar surface area (TPSA) is 15.3 Å². The molecule has 0 amide bonds. The lowest BCUT2D eigenvalue weighted by Crippen LogP contribution is -2.35. The summed E-state index contributed by atoms with van der Waals surface area (Å²) in [7, 11) is 2.07. The molecule has 0 saturated heterocycles. The molecule has 1 aliphatic heterocycles. The van der Waals surface area contributed by atoms with Gasteiger partial charge in [-0.3, -0.25) is 5.32 Å². The first-order chi connectivity index (χ1) is 4.34. The van der Waals surface area contributed by atoms with E-state index in [1.807, 2.05) is 11.8 Å². The molecule has 0 saturated carbocycles. The first kappa shape index (κ1) is 6.96. The predicted octanol–water partition coefficient (Wildman–Crippen LogP) is 1.03. The lowest BCUT2D eigenvalue weighted by molar-refractivity contribution is 0.385. The van der Waals surface area contributed by atoms with Crippen molar-refractivity contribution in [1.29, 1.82) is 0 Å². The molecule has 1 rings (SSSR count). The van der Waals surface area contributed by atoms with Crippen LogP contribution in [0.3, 0.4) is 0 Å². The lowest BCUT2D eigenvalue weighted by Gasteiger charge is -2.19. The van der Waals surface area contributed by atoms with E-state index in [0.29, 0.717) is 5.50 Å². The molecule has 1 heterocycles. The van der Waals surface area contributed by atoms with Gasteiger partial charge in [0.05, 0.1) is 0 Å². The lowest BCUT2D eigenvalue weighted by atomic mass is 10.7. The van der Waals surface area contributed by atoms with Gasteiger partial charge in [0.15, 0.2) is 0 Å². The van der Waals surface area contributed by atoms with Crippen molar-refractivity contribution in [1.82, 2.24) is 10.2 Å². The van der Waals surface area contributed by atoms with Crippen molar-refractivity contribution in [3.63, 3.8) is 0 Å². The van der Waals surface area contributed by atoms with Crippen molar-refractivity contribution < 1.29 is 0 Å². The van der Waals surface area contributed by atoms with Crippen molar-refractivity contribution >= 4 is 11.8 Å². The summed E-state index contributed by atoms with van der Waals surface area (Å²) in [5.41, 5.74) is 0.468. The van der Waals surface area contributed by atoms with E-state index in [4.69, 9.17) is 0 Å². The van der Waals surface area contributed by atoms with Gasteiger partial charge in [-0.25, -0.2) is 0 Å². The summed E-state index contributed by atoms with van der Waals surface area (Å²) < 4.78 is 0. The molecule has 0 aliphatic carbocycles. The van der Waals surface area contributed by atoms with Gasteiger partial charge < -0.3 is 4.90 Å². The summed E-state index contributed by atoms with van der Waals surface area (Å²) >= 11 is 1.81. The summed E-state index contributed by atoms with van der Waals surface area (Å²) in [5.74, 6) is 0. The average molecular weight is 144 g/mol. The number of thioether (sulfide) groups is 1. The van der Waals surface area contributed by atoms with E-state index in [1.165, 1.54) is 0 Å². The Balaban J connectivity index is 2.28. The Morgan fingerprint density at radius 3 is 3.00 bits per heavy atom. The molecule has 1 aliphatic rings. The molecule has 0 aromatic rings. The molecule has 52 valence electrons. The fraction of sp³-hybridized carbons (Fsp3) is 0.667. The quantitative estimate of drug-likeness (QED) is 0.623. The molecule has 0 spiro atoms. The van der Waals surface area contributed by atoms with Crippen LogP contribution in [0.15, 0.2) is 11.6 Å². The maximum Gasteiger partial charge on any atom is 0.131 e. The highest BCUT2D eigenvalue weighted by atomic mass is 32.2. The monoisotopic (exact) mass is 144 g/mol. The number of hydrogen-bond donors (Lipinski definition) is 1. The van der Waals surface area contributed by atoms with Gasteiger partial charge in [0.25, 0.3) is 0 Å². The highest BCUT2D eigenvalue weighted by molar-refractivity contribution is 8.02. The van der Waals surface area contributed by atoms with Gasteiger partial charge in [-0.05, 0) is 12.0 Å². The number of nitrogens with zero attached hydrogens (tertiary/aromatic N) is 1. The molecule has 0 bridgehead atoms. The first-order valence-corrected chi connectivity index (χ1v) is 4.06. The van der Waals surface area contributed by atoms with E-state index >= 15 is 0 Å². The molecular formula is C6H12N2S. The third-order valence-corrected chi connectivity index (χ3v) is 2.29. The van der Waals surface area contributed by atoms with E-state index in [-0.39, 0.29) is 0 Å². The van der Waals surface area contributed by atoms with Gasteiger partial charge in [0.1, 0.15) is 5.50 Å². The third-order valence-electron chi connectivity index (χ3n) is 1.25. The molecule has 1 N–H and O–H groups in total. The zero-order chi connectivity index (χ0) is 6.69. The molecule has 0 aromatic carbocycles. The standard InChI is InChI=1S/C6H12N2S/c1-3-7-6-8(2)4-5-9-6/h4-7H,3H2,1-2H3. The van der Waals surface area contributed by atoms with Gasteiger partial charge in [-0.2, -0.15) is 0 Å². The summed E-state index contributed by atoms with van der Waals surface area (Å²) in [5, 5.41) is 5.43. The first-order valence-electron chi connectivity index (χ1n) is 3.12. The van der Waals surface area contributed by atoms with E-state index in [1.54, 1.807) is 0 Å². The minimum absolute atomic E-state index is 0.468. The van der Waals surface area contributed by atoms with Crippen LogP contribution in [0.1, 0.15) is 6.92 Å². The number of nitrogens with one attached hydrogen (secondary N) is 1. The van der Waals surface area contributed by atoms with E-state index in [0.717, 1.165) is 6.54 Å². The molecule has 1 atom stereocenters. The second-order valence-corrected chi connectivity index (χ2v) is 2.99. The van der Waals surface area contributed by atoms with Crippen LogP contribution in [0.4, 0.5) is 0 Å². The Labute approximate surface area is 60.3 Å². The second-order valence-electron chi connectivity index (χ2n) is 2.00. The van der Waals surface area contributed by atoms with Crippen molar-refractivity contribution in [3.8, 4) is 0 Å². The largest absolute Gasteiger partial charge is 0.356 e. The van der Waals surface area contributed by atoms with E-state index < -0.39 is 0 Å². The SMILES string of the molecule is CCNC1SC=CN1C. The van der Waals surface area contributed by atoms with Crippen molar-refractivity contribution in [2.24, 2.45) is 0 Å². The minimum atomic E-state index is 0.468. The van der Waals surface area contributed by atoms with Crippen LogP contribution in [0, 0.1) is 0 Å². The van der Waals surface area contributed by atoms with E-state index in [2.05, 4.69) is 35.8 Å². The Kier molecular flexibility index (Phi) is 2.42. The number of hydrogen-bond acceptors (Lipinski definition) is 3. The Hall–Kier alpha value is -0.150. The fourth-order valence-corrected chi connectivity index (χ4v) is 1.68. The molecule has 0 fully saturated rings. The molecule has 2 nitrogen and oxygen atoms in total. The maximum absolute atomic E-state index is 3.32. The van der Waals surface area contributed by atoms with Crippen LogP contribution in [0.5, 0.6) is 0 Å². The summed E-state index contributed by atoms with van der Waals surface area (Å²) in [4.78, 5) is 2.16. The van der Waals surface area contributed by atoms with Crippen molar-refractivity contribution in [2.45, 2.75) is 12.4 Å². The summed E-state index contributed by atoms with van der Waals surface area (Å²) in [6.45, 7) is 3.15. The van der Waals surface area contributed by atoms with Gasteiger partial charge >= 0.3 is 0 Å². The normalized spacial score (nSPS) is 25.6. The maximum atomic E-state index is 3.32. The van der Waals surface area contributed by atoms with Gasteiger partial charge in [-0.15, -0.1) is 0 Å². The zero-order valence-electron chi connectivity index (χ0n) is 5.79. The summed E-state index contributed by atoms with van der Waals surface area (Å²) in [6.07, 6.45) is 2.08. The average Bonchev–Trinajstić information content (AvgIpc) is 2.18. The van der Waals surface area contributed by atoms with Crippen LogP contribution in [-0.4, -0.2) is 24.0 Å². The molecule has 9 heavy (non-hydrogen) atoms. The van der Waals surface area contributed by atoms with Gasteiger partial charge in [0.2, 0.25) is 0 Å². The fourth-order valence-electron chi connectivity index (χ4n) is 0.746. The van der Waals surface area contributed by atoms with Crippen LogP contribution >= 0.6 is 11.8 Å². The third kappa shape index (κ3) is 1.63. The van der Waals surface area contributed by atoms with Gasteiger partial charge in [-0.1, -0.05) is 18.7 Å². The highest BCUT2D eigenvalue weighted by Gasteiger charge is 2.12. The van der Waals surface area contributed by atoms with Crippen LogP contribution in [-0.2, 0) is 0 Å². The Morgan fingerprint density at radius 2 is 2.56 bits per heavy atom. The van der Waals surface area contributed by atoms with Gasteiger partial charge in [0, 0.05) is 13.2 Å². The molecule has 0 aromatic heterocycles. The Morgan fingerprint density at radius 1 is 1.78 bits per heavy atom. The molecule has 3 heteroatoms. The highest BCUT2D eigenvalue weighted by Crippen LogP contribution is 2.19. The number of rotatable bonds is 2. The minimum Gasteiger partial charge on any atom is -0.356 e. The van der Waals surface area contributed by atoms with E-state index in [9.17, 15) is 0 Å². The molecular weight excluding hydrogens is 132 g/mol. The zero-order valence-corrected chi connectivity index (χ0v) is 6.61. The smallest absolute Gasteiger partial charge is 0.131 e. The predicted molar refractivity (Wildman–Crippen MR) is 42.0 cm³/mol. The molecule has 0 radical (unpaired) electrons. The van der Waals surface area contributed by atoms with Crippen LogP contribution in [0.2, 0.25) is 0 Å². The second kappa shape index (κ2) is 3.13. The van der Waals surface area contributed by atoms with Crippen molar-refractivity contribution in [3.05, 3.63) is 11.6 Å².